The predicted molar refractivity (Wildman–Crippen MR) is 106 cm³/mol. The van der Waals surface area contributed by atoms with Gasteiger partial charge in [0.2, 0.25) is 5.91 Å². The number of rotatable bonds is 6. The van der Waals surface area contributed by atoms with E-state index in [0.717, 1.165) is 10.0 Å². The second-order valence-electron chi connectivity index (χ2n) is 5.69. The van der Waals surface area contributed by atoms with Crippen molar-refractivity contribution in [3.63, 3.8) is 0 Å². The third-order valence-corrected chi connectivity index (χ3v) is 5.17. The molecule has 0 saturated heterocycles. The number of nitrogens with one attached hydrogen (secondary N) is 2. The summed E-state index contributed by atoms with van der Waals surface area (Å²) in [6, 6.07) is 11.2. The van der Waals surface area contributed by atoms with Crippen LogP contribution in [0, 0.1) is 0 Å². The first-order valence-corrected chi connectivity index (χ1v) is 9.91. The minimum Gasteiger partial charge on any atom is -0.495 e. The zero-order valence-corrected chi connectivity index (χ0v) is 16.9. The van der Waals surface area contributed by atoms with Crippen molar-refractivity contribution in [2.75, 3.05) is 17.1 Å². The number of allylic oxidation sites excluding steroid dienone is 1. The normalized spacial score (nSPS) is 10.8. The Labute approximate surface area is 161 Å². The van der Waals surface area contributed by atoms with Crippen molar-refractivity contribution >= 4 is 43.2 Å². The lowest BCUT2D eigenvalue weighted by Gasteiger charge is -2.13. The third-order valence-electron chi connectivity index (χ3n) is 3.24. The number of anilines is 2. The minimum absolute atomic E-state index is 0.0714. The second-order valence-corrected chi connectivity index (χ2v) is 8.26. The molecule has 2 aromatic carbocycles. The van der Waals surface area contributed by atoms with Crippen LogP contribution in [0.15, 0.2) is 63.5 Å². The Bertz CT molecular complexity index is 934. The summed E-state index contributed by atoms with van der Waals surface area (Å²) in [6.45, 7) is 3.59. The highest BCUT2D eigenvalue weighted by atomic mass is 79.9. The van der Waals surface area contributed by atoms with Crippen LogP contribution in [0.1, 0.15) is 13.8 Å². The van der Waals surface area contributed by atoms with Gasteiger partial charge in [0.15, 0.2) is 0 Å². The SMILES string of the molecule is COc1ccc(NC(=O)C=C(C)C)cc1S(=O)(=O)Nc1ccc(Br)cc1. The topological polar surface area (TPSA) is 84.5 Å². The molecule has 0 bridgehead atoms. The molecular weight excluding hydrogens is 420 g/mol. The van der Waals surface area contributed by atoms with Gasteiger partial charge in [0.25, 0.3) is 10.0 Å². The Morgan fingerprint density at radius 1 is 1.08 bits per heavy atom. The summed E-state index contributed by atoms with van der Waals surface area (Å²) in [4.78, 5) is 11.8. The summed E-state index contributed by atoms with van der Waals surface area (Å²) < 4.78 is 34.0. The number of sulfonamides is 1. The molecule has 8 heteroatoms. The van der Waals surface area contributed by atoms with Crippen molar-refractivity contribution < 1.29 is 17.9 Å². The van der Waals surface area contributed by atoms with Crippen LogP contribution in [0.5, 0.6) is 5.75 Å². The van der Waals surface area contributed by atoms with Gasteiger partial charge in [0, 0.05) is 21.9 Å². The van der Waals surface area contributed by atoms with Gasteiger partial charge in [-0.05, 0) is 56.3 Å². The molecule has 0 unspecified atom stereocenters. The van der Waals surface area contributed by atoms with E-state index < -0.39 is 10.0 Å². The fourth-order valence-corrected chi connectivity index (χ4v) is 3.65. The van der Waals surface area contributed by atoms with E-state index in [2.05, 4.69) is 26.0 Å². The molecule has 0 aliphatic rings. The van der Waals surface area contributed by atoms with Crippen LogP contribution in [0.2, 0.25) is 0 Å². The van der Waals surface area contributed by atoms with Crippen LogP contribution < -0.4 is 14.8 Å². The lowest BCUT2D eigenvalue weighted by atomic mass is 10.2. The molecule has 0 aliphatic carbocycles. The quantitative estimate of drug-likeness (QED) is 0.662. The van der Waals surface area contributed by atoms with E-state index >= 15 is 0 Å². The van der Waals surface area contributed by atoms with Gasteiger partial charge in [-0.3, -0.25) is 9.52 Å². The van der Waals surface area contributed by atoms with Crippen molar-refractivity contribution in [3.8, 4) is 5.75 Å². The highest BCUT2D eigenvalue weighted by molar-refractivity contribution is 9.10. The Kier molecular flexibility index (Phi) is 6.44. The molecule has 0 radical (unpaired) electrons. The molecule has 0 saturated carbocycles. The summed E-state index contributed by atoms with van der Waals surface area (Å²) in [5.74, 6) is -0.158. The largest absolute Gasteiger partial charge is 0.495 e. The van der Waals surface area contributed by atoms with Gasteiger partial charge in [-0.25, -0.2) is 8.42 Å². The number of carbonyl (C=O) groups excluding carboxylic acids is 1. The van der Waals surface area contributed by atoms with E-state index in [0.29, 0.717) is 11.4 Å². The fraction of sp³-hybridized carbons (Fsp3) is 0.167. The molecule has 0 fully saturated rings. The average molecular weight is 439 g/mol. The Morgan fingerprint density at radius 2 is 1.69 bits per heavy atom. The van der Waals surface area contributed by atoms with Gasteiger partial charge in [0.05, 0.1) is 7.11 Å². The number of hydrogen-bond acceptors (Lipinski definition) is 4. The number of ether oxygens (including phenoxy) is 1. The number of methoxy groups -OCH3 is 1. The highest BCUT2D eigenvalue weighted by Crippen LogP contribution is 2.29. The van der Waals surface area contributed by atoms with Crippen LogP contribution in [0.4, 0.5) is 11.4 Å². The highest BCUT2D eigenvalue weighted by Gasteiger charge is 2.20. The van der Waals surface area contributed by atoms with E-state index in [1.807, 2.05) is 0 Å². The van der Waals surface area contributed by atoms with Crippen molar-refractivity contribution in [1.29, 1.82) is 0 Å². The molecule has 6 nitrogen and oxygen atoms in total. The Balaban J connectivity index is 2.36. The number of amides is 1. The molecule has 0 spiro atoms. The molecule has 0 aliphatic heterocycles. The molecule has 0 aromatic heterocycles. The van der Waals surface area contributed by atoms with Crippen LogP contribution in [-0.4, -0.2) is 21.4 Å². The molecule has 1 amide bonds. The predicted octanol–water partition coefficient (Wildman–Crippen LogP) is 4.16. The van der Waals surface area contributed by atoms with Crippen LogP contribution in [0.3, 0.4) is 0 Å². The number of hydrogen-bond donors (Lipinski definition) is 2. The summed E-state index contributed by atoms with van der Waals surface area (Å²) in [6.07, 6.45) is 1.43. The van der Waals surface area contributed by atoms with Gasteiger partial charge < -0.3 is 10.1 Å². The first-order chi connectivity index (χ1) is 12.2. The van der Waals surface area contributed by atoms with Crippen molar-refractivity contribution in [2.45, 2.75) is 18.7 Å². The lowest BCUT2D eigenvalue weighted by Crippen LogP contribution is -2.15. The molecular formula is C18H19BrN2O4S. The number of carbonyl (C=O) groups is 1. The first-order valence-electron chi connectivity index (χ1n) is 7.63. The summed E-state index contributed by atoms with van der Waals surface area (Å²) in [7, 11) is -2.52. The Hall–Kier alpha value is -2.32. The van der Waals surface area contributed by atoms with E-state index in [1.165, 1.54) is 25.3 Å². The smallest absolute Gasteiger partial charge is 0.265 e. The number of benzene rings is 2. The molecule has 2 aromatic rings. The average Bonchev–Trinajstić information content (AvgIpc) is 2.56. The van der Waals surface area contributed by atoms with E-state index in [4.69, 9.17) is 4.74 Å². The zero-order chi connectivity index (χ0) is 19.3. The maximum absolute atomic E-state index is 12.8. The van der Waals surface area contributed by atoms with Crippen LogP contribution in [0.25, 0.3) is 0 Å². The molecule has 0 heterocycles. The van der Waals surface area contributed by atoms with Crippen molar-refractivity contribution in [2.24, 2.45) is 0 Å². The molecule has 0 atom stereocenters. The monoisotopic (exact) mass is 438 g/mol. The standard InChI is InChI=1S/C18H19BrN2O4S/c1-12(2)10-18(22)20-15-8-9-16(25-3)17(11-15)26(23,24)21-14-6-4-13(19)5-7-14/h4-11,21H,1-3H3,(H,20,22). The van der Waals surface area contributed by atoms with Crippen molar-refractivity contribution in [1.82, 2.24) is 0 Å². The maximum Gasteiger partial charge on any atom is 0.265 e. The molecule has 2 N–H and O–H groups in total. The van der Waals surface area contributed by atoms with Crippen molar-refractivity contribution in [3.05, 3.63) is 58.6 Å². The summed E-state index contributed by atoms with van der Waals surface area (Å²) in [5.41, 5.74) is 1.60. The second kappa shape index (κ2) is 8.37. The van der Waals surface area contributed by atoms with Crippen LogP contribution in [-0.2, 0) is 14.8 Å². The summed E-state index contributed by atoms with van der Waals surface area (Å²) in [5, 5.41) is 2.64. The van der Waals surface area contributed by atoms with Gasteiger partial charge in [-0.15, -0.1) is 0 Å². The van der Waals surface area contributed by atoms with Crippen LogP contribution >= 0.6 is 15.9 Å². The summed E-state index contributed by atoms with van der Waals surface area (Å²) >= 11 is 3.30. The maximum atomic E-state index is 12.8. The fourth-order valence-electron chi connectivity index (χ4n) is 2.13. The van der Waals surface area contributed by atoms with Gasteiger partial charge in [0.1, 0.15) is 10.6 Å². The van der Waals surface area contributed by atoms with E-state index in [-0.39, 0.29) is 16.6 Å². The van der Waals surface area contributed by atoms with E-state index in [9.17, 15) is 13.2 Å². The van der Waals surface area contributed by atoms with Gasteiger partial charge >= 0.3 is 0 Å². The molecule has 26 heavy (non-hydrogen) atoms. The first kappa shape index (κ1) is 20.0. The zero-order valence-electron chi connectivity index (χ0n) is 14.5. The van der Waals surface area contributed by atoms with Gasteiger partial charge in [-0.1, -0.05) is 21.5 Å². The van der Waals surface area contributed by atoms with E-state index in [1.54, 1.807) is 44.2 Å². The molecule has 138 valence electrons. The minimum atomic E-state index is -3.91. The number of halogens is 1. The third kappa shape index (κ3) is 5.34. The van der Waals surface area contributed by atoms with Gasteiger partial charge in [-0.2, -0.15) is 0 Å². The Morgan fingerprint density at radius 3 is 2.27 bits per heavy atom. The lowest BCUT2D eigenvalue weighted by molar-refractivity contribution is -0.111. The molecule has 2 rings (SSSR count).